The highest BCUT2D eigenvalue weighted by Gasteiger charge is 2.17. The molecule has 0 unspecified atom stereocenters. The van der Waals surface area contributed by atoms with Gasteiger partial charge in [0.25, 0.3) is 0 Å². The van der Waals surface area contributed by atoms with E-state index in [4.69, 9.17) is 9.47 Å². The van der Waals surface area contributed by atoms with Crippen molar-refractivity contribution in [1.29, 1.82) is 0 Å². The molecule has 282 valence electrons. The number of rotatable bonds is 30. The van der Waals surface area contributed by atoms with E-state index in [0.29, 0.717) is 0 Å². The van der Waals surface area contributed by atoms with E-state index in [-0.39, 0.29) is 0 Å². The summed E-state index contributed by atoms with van der Waals surface area (Å²) in [7, 11) is 0. The summed E-state index contributed by atoms with van der Waals surface area (Å²) in [5.74, 6) is 1.92. The Morgan fingerprint density at radius 3 is 1.61 bits per heavy atom. The Hall–Kier alpha value is -2.50. The maximum absolute atomic E-state index is 6.49. The second-order valence-corrected chi connectivity index (χ2v) is 16.5. The molecule has 0 amide bonds. The highest BCUT2D eigenvalue weighted by atomic mass is 32.1. The molecule has 0 aliphatic rings. The minimum atomic E-state index is 0.765. The molecule has 3 heterocycles. The summed E-state index contributed by atoms with van der Waals surface area (Å²) in [6.07, 6.45) is 28.8. The molecule has 1 aromatic carbocycles. The van der Waals surface area contributed by atoms with Gasteiger partial charge in [0.1, 0.15) is 11.5 Å². The van der Waals surface area contributed by atoms with Crippen molar-refractivity contribution in [2.75, 3.05) is 13.2 Å². The first-order chi connectivity index (χ1) is 25.2. The SMILES string of the molecule is CCCCCCCCCCCCn1c(-c2cccs2)ccc1-c1ccc(-c2cc(OCCCCCCCC)ccc2OCCCCCCCC)s1. The molecule has 0 radical (unpaired) electrons. The van der Waals surface area contributed by atoms with Crippen molar-refractivity contribution < 1.29 is 9.47 Å². The van der Waals surface area contributed by atoms with Crippen molar-refractivity contribution in [3.05, 3.63) is 60.0 Å². The highest BCUT2D eigenvalue weighted by Crippen LogP contribution is 2.42. The second-order valence-electron chi connectivity index (χ2n) is 14.5. The van der Waals surface area contributed by atoms with Gasteiger partial charge in [-0.05, 0) is 73.2 Å². The molecule has 4 rings (SSSR count). The van der Waals surface area contributed by atoms with Gasteiger partial charge >= 0.3 is 0 Å². The lowest BCUT2D eigenvalue weighted by Gasteiger charge is -2.14. The van der Waals surface area contributed by atoms with E-state index in [2.05, 4.69) is 85.3 Å². The van der Waals surface area contributed by atoms with Gasteiger partial charge in [-0.25, -0.2) is 0 Å². The fourth-order valence-corrected chi connectivity index (χ4v) is 8.82. The van der Waals surface area contributed by atoms with Gasteiger partial charge in [-0.15, -0.1) is 22.7 Å². The lowest BCUT2D eigenvalue weighted by molar-refractivity contribution is 0.297. The highest BCUT2D eigenvalue weighted by molar-refractivity contribution is 7.18. The summed E-state index contributed by atoms with van der Waals surface area (Å²) in [4.78, 5) is 3.92. The maximum atomic E-state index is 6.49. The van der Waals surface area contributed by atoms with Crippen LogP contribution in [0.2, 0.25) is 0 Å². The van der Waals surface area contributed by atoms with E-state index in [1.807, 2.05) is 22.7 Å². The summed E-state index contributed by atoms with van der Waals surface area (Å²) in [6.45, 7) is 9.46. The first kappa shape index (κ1) is 41.3. The molecular formula is C46H69NO2S2. The Kier molecular flexibility index (Phi) is 20.6. The molecule has 0 bridgehead atoms. The van der Waals surface area contributed by atoms with Gasteiger partial charge in [0.2, 0.25) is 0 Å². The van der Waals surface area contributed by atoms with Gasteiger partial charge in [0.05, 0.1) is 34.4 Å². The van der Waals surface area contributed by atoms with Crippen LogP contribution < -0.4 is 9.47 Å². The second kappa shape index (κ2) is 25.5. The topological polar surface area (TPSA) is 23.4 Å². The Labute approximate surface area is 320 Å². The van der Waals surface area contributed by atoms with Crippen LogP contribution in [0.15, 0.2) is 60.0 Å². The van der Waals surface area contributed by atoms with Crippen LogP contribution in [-0.2, 0) is 6.54 Å². The van der Waals surface area contributed by atoms with Crippen LogP contribution >= 0.6 is 22.7 Å². The number of ether oxygens (including phenoxy) is 2. The molecular weight excluding hydrogens is 663 g/mol. The van der Waals surface area contributed by atoms with Gasteiger partial charge in [-0.2, -0.15) is 0 Å². The Morgan fingerprint density at radius 2 is 1.02 bits per heavy atom. The van der Waals surface area contributed by atoms with Gasteiger partial charge < -0.3 is 14.0 Å². The number of benzene rings is 1. The van der Waals surface area contributed by atoms with Gasteiger partial charge in [-0.3, -0.25) is 0 Å². The number of hydrogen-bond donors (Lipinski definition) is 0. The molecule has 3 aromatic heterocycles. The summed E-state index contributed by atoms with van der Waals surface area (Å²) in [5.41, 5.74) is 3.83. The summed E-state index contributed by atoms with van der Waals surface area (Å²) >= 11 is 3.73. The maximum Gasteiger partial charge on any atom is 0.128 e. The van der Waals surface area contributed by atoms with Gasteiger partial charge in [0.15, 0.2) is 0 Å². The number of aromatic nitrogens is 1. The van der Waals surface area contributed by atoms with E-state index in [1.165, 1.54) is 154 Å². The van der Waals surface area contributed by atoms with E-state index < -0.39 is 0 Å². The molecule has 51 heavy (non-hydrogen) atoms. The standard InChI is InChI=1S/C46H69NO2S2/c1-4-7-10-13-16-17-18-19-20-23-34-47-41(45-27-26-37-50-45)29-30-42(47)46-33-32-44(51-46)40-38-39(48-35-24-21-14-11-8-5-2)28-31-43(40)49-36-25-22-15-12-9-6-3/h26-33,37-38H,4-25,34-36H2,1-3H3. The van der Waals surface area contributed by atoms with Crippen LogP contribution in [0.4, 0.5) is 0 Å². The summed E-state index contributed by atoms with van der Waals surface area (Å²) < 4.78 is 15.4. The Balaban J connectivity index is 1.44. The van der Waals surface area contributed by atoms with Crippen LogP contribution in [0.5, 0.6) is 11.5 Å². The molecule has 0 spiro atoms. The first-order valence-electron chi connectivity index (χ1n) is 21.0. The Bertz CT molecular complexity index is 1440. The van der Waals surface area contributed by atoms with Crippen molar-refractivity contribution in [3.63, 3.8) is 0 Å². The van der Waals surface area contributed by atoms with E-state index in [1.54, 1.807) is 0 Å². The van der Waals surface area contributed by atoms with Crippen LogP contribution in [-0.4, -0.2) is 17.8 Å². The molecule has 3 nitrogen and oxygen atoms in total. The first-order valence-corrected chi connectivity index (χ1v) is 22.7. The zero-order valence-corrected chi connectivity index (χ0v) is 34.2. The third kappa shape index (κ3) is 14.8. The fraction of sp³-hybridized carbons (Fsp3) is 0.609. The number of hydrogen-bond acceptors (Lipinski definition) is 4. The predicted octanol–water partition coefficient (Wildman–Crippen LogP) is 16.0. The predicted molar refractivity (Wildman–Crippen MR) is 226 cm³/mol. The van der Waals surface area contributed by atoms with Crippen molar-refractivity contribution in [3.8, 4) is 43.1 Å². The van der Waals surface area contributed by atoms with Crippen molar-refractivity contribution in [2.45, 2.75) is 169 Å². The third-order valence-electron chi connectivity index (χ3n) is 10.1. The molecule has 4 aromatic rings. The minimum Gasteiger partial charge on any atom is -0.494 e. The normalized spacial score (nSPS) is 11.4. The third-order valence-corrected chi connectivity index (χ3v) is 12.1. The molecule has 0 saturated heterocycles. The lowest BCUT2D eigenvalue weighted by Crippen LogP contribution is -2.01. The molecule has 5 heteroatoms. The number of nitrogens with zero attached hydrogens (tertiary/aromatic N) is 1. The zero-order valence-electron chi connectivity index (χ0n) is 32.5. The number of thiophene rings is 2. The monoisotopic (exact) mass is 731 g/mol. The van der Waals surface area contributed by atoms with E-state index >= 15 is 0 Å². The summed E-state index contributed by atoms with van der Waals surface area (Å²) in [5, 5.41) is 2.20. The smallest absolute Gasteiger partial charge is 0.128 e. The van der Waals surface area contributed by atoms with Crippen LogP contribution in [0, 0.1) is 0 Å². The zero-order chi connectivity index (χ0) is 35.8. The molecule has 0 saturated carbocycles. The molecule has 0 fully saturated rings. The van der Waals surface area contributed by atoms with Crippen LogP contribution in [0.1, 0.15) is 162 Å². The molecule has 0 aliphatic heterocycles. The summed E-state index contributed by atoms with van der Waals surface area (Å²) in [6, 6.07) is 20.2. The van der Waals surface area contributed by atoms with Gasteiger partial charge in [-0.1, -0.05) is 149 Å². The Morgan fingerprint density at radius 1 is 0.490 bits per heavy atom. The van der Waals surface area contributed by atoms with Crippen molar-refractivity contribution in [1.82, 2.24) is 4.57 Å². The fourth-order valence-electron chi connectivity index (χ4n) is 6.99. The minimum absolute atomic E-state index is 0.765. The molecule has 0 aliphatic carbocycles. The number of unbranched alkanes of at least 4 members (excludes halogenated alkanes) is 19. The van der Waals surface area contributed by atoms with Crippen molar-refractivity contribution in [2.24, 2.45) is 0 Å². The largest absolute Gasteiger partial charge is 0.494 e. The van der Waals surface area contributed by atoms with Gasteiger partial charge in [0, 0.05) is 17.0 Å². The lowest BCUT2D eigenvalue weighted by atomic mass is 10.1. The van der Waals surface area contributed by atoms with E-state index in [0.717, 1.165) is 49.7 Å². The average Bonchev–Trinajstić information content (AvgIpc) is 3.94. The van der Waals surface area contributed by atoms with Crippen molar-refractivity contribution >= 4 is 22.7 Å². The average molecular weight is 732 g/mol. The molecule has 0 atom stereocenters. The van der Waals surface area contributed by atoms with Crippen LogP contribution in [0.3, 0.4) is 0 Å². The van der Waals surface area contributed by atoms with Crippen LogP contribution in [0.25, 0.3) is 31.6 Å². The van der Waals surface area contributed by atoms with E-state index in [9.17, 15) is 0 Å². The molecule has 0 N–H and O–H groups in total. The quantitative estimate of drug-likeness (QED) is 0.0499.